The summed E-state index contributed by atoms with van der Waals surface area (Å²) in [6, 6.07) is 51.2. The number of pyridine rings is 1. The van der Waals surface area contributed by atoms with Crippen molar-refractivity contribution in [2.24, 2.45) is 0 Å². The molecule has 0 amide bonds. The van der Waals surface area contributed by atoms with Crippen molar-refractivity contribution in [3.63, 3.8) is 0 Å². The molecule has 7 heteroatoms. The second-order valence-electron chi connectivity index (χ2n) is 12.7. The molecule has 0 saturated heterocycles. The summed E-state index contributed by atoms with van der Waals surface area (Å²) >= 11 is 1.48. The average molecular weight is 660 g/mol. The molecule has 234 valence electrons. The predicted molar refractivity (Wildman–Crippen MR) is 206 cm³/mol. The lowest BCUT2D eigenvalue weighted by atomic mass is 10.0. The van der Waals surface area contributed by atoms with Gasteiger partial charge in [0.25, 0.3) is 5.56 Å². The maximum atomic E-state index is 13.4. The van der Waals surface area contributed by atoms with Crippen LogP contribution in [0.4, 0.5) is 0 Å². The van der Waals surface area contributed by atoms with Crippen LogP contribution in [0.1, 0.15) is 0 Å². The molecule has 0 spiro atoms. The molecule has 0 atom stereocenters. The second kappa shape index (κ2) is 10.2. The van der Waals surface area contributed by atoms with E-state index < -0.39 is 0 Å². The van der Waals surface area contributed by atoms with E-state index in [2.05, 4.69) is 140 Å². The first-order chi connectivity index (χ1) is 24.7. The first-order valence-electron chi connectivity index (χ1n) is 16.5. The number of hydrogen-bond acceptors (Lipinski definition) is 4. The van der Waals surface area contributed by atoms with Crippen LogP contribution in [0.3, 0.4) is 0 Å². The van der Waals surface area contributed by atoms with Gasteiger partial charge < -0.3 is 9.13 Å². The lowest BCUT2D eigenvalue weighted by molar-refractivity contribution is 1.15. The fraction of sp³-hybridized carbons (Fsp3) is 0. The van der Waals surface area contributed by atoms with Crippen LogP contribution in [-0.2, 0) is 0 Å². The maximum Gasteiger partial charge on any atom is 0.281 e. The van der Waals surface area contributed by atoms with Gasteiger partial charge in [0.05, 0.1) is 37.7 Å². The minimum atomic E-state index is -0.236. The molecule has 0 fully saturated rings. The lowest BCUT2D eigenvalue weighted by Crippen LogP contribution is -2.10. The molecule has 0 N–H and O–H groups in total. The summed E-state index contributed by atoms with van der Waals surface area (Å²) < 4.78 is 7.59. The van der Waals surface area contributed by atoms with E-state index in [4.69, 9.17) is 0 Å². The number of para-hydroxylation sites is 3. The normalized spacial score (nSPS) is 12.1. The quantitative estimate of drug-likeness (QED) is 0.190. The van der Waals surface area contributed by atoms with Gasteiger partial charge in [0.15, 0.2) is 10.6 Å². The molecule has 50 heavy (non-hydrogen) atoms. The molecule has 0 unspecified atom stereocenters. The fourth-order valence-corrected chi connectivity index (χ4v) is 8.75. The number of hydrogen-bond donors (Lipinski definition) is 0. The molecule has 6 aromatic carbocycles. The molecular weight excluding hydrogens is 635 g/mol. The molecule has 0 aliphatic rings. The van der Waals surface area contributed by atoms with Crippen LogP contribution < -0.4 is 5.56 Å². The number of benzene rings is 6. The smallest absolute Gasteiger partial charge is 0.281 e. The van der Waals surface area contributed by atoms with E-state index in [1.54, 1.807) is 6.20 Å². The van der Waals surface area contributed by atoms with Crippen molar-refractivity contribution in [1.82, 2.24) is 23.5 Å². The average Bonchev–Trinajstić information content (AvgIpc) is 3.82. The molecule has 11 rings (SSSR count). The molecule has 5 heterocycles. The van der Waals surface area contributed by atoms with Crippen LogP contribution in [0.5, 0.6) is 0 Å². The Morgan fingerprint density at radius 1 is 0.480 bits per heavy atom. The molecule has 0 aliphatic carbocycles. The van der Waals surface area contributed by atoms with Crippen molar-refractivity contribution in [2.75, 3.05) is 0 Å². The van der Waals surface area contributed by atoms with Gasteiger partial charge in [-0.3, -0.25) is 9.20 Å². The Kier molecular flexibility index (Phi) is 5.60. The predicted octanol–water partition coefficient (Wildman–Crippen LogP) is 10.3. The molecule has 6 nitrogen and oxygen atoms in total. The zero-order chi connectivity index (χ0) is 32.9. The van der Waals surface area contributed by atoms with Gasteiger partial charge in [-0.15, -0.1) is 0 Å². The highest BCUT2D eigenvalue weighted by Crippen LogP contribution is 2.38. The molecule has 11 aromatic rings. The summed E-state index contributed by atoms with van der Waals surface area (Å²) in [6.07, 6.45) is 1.78. The zero-order valence-electron chi connectivity index (χ0n) is 26.5. The van der Waals surface area contributed by atoms with E-state index in [0.29, 0.717) is 10.3 Å². The maximum absolute atomic E-state index is 13.4. The van der Waals surface area contributed by atoms with Crippen molar-refractivity contribution in [3.8, 4) is 22.5 Å². The highest BCUT2D eigenvalue weighted by atomic mass is 32.1. The lowest BCUT2D eigenvalue weighted by Gasteiger charge is -2.10. The van der Waals surface area contributed by atoms with Crippen LogP contribution in [0.2, 0.25) is 0 Å². The summed E-state index contributed by atoms with van der Waals surface area (Å²) in [7, 11) is 0. The van der Waals surface area contributed by atoms with Crippen LogP contribution in [0, 0.1) is 0 Å². The molecule has 0 radical (unpaired) electrons. The van der Waals surface area contributed by atoms with Gasteiger partial charge in [0.1, 0.15) is 0 Å². The monoisotopic (exact) mass is 659 g/mol. The number of nitrogens with zero attached hydrogens (tertiary/aromatic N) is 5. The minimum absolute atomic E-state index is 0.236. The summed E-state index contributed by atoms with van der Waals surface area (Å²) in [4.78, 5) is 23.2. The summed E-state index contributed by atoms with van der Waals surface area (Å²) in [6.45, 7) is 0. The largest absolute Gasteiger partial charge is 0.309 e. The number of aromatic nitrogens is 5. The van der Waals surface area contributed by atoms with E-state index in [9.17, 15) is 4.79 Å². The van der Waals surface area contributed by atoms with Crippen LogP contribution in [0.25, 0.3) is 92.3 Å². The first kappa shape index (κ1) is 27.4. The first-order valence-corrected chi connectivity index (χ1v) is 17.4. The molecule has 0 aliphatic heterocycles. The van der Waals surface area contributed by atoms with E-state index in [0.717, 1.165) is 60.2 Å². The van der Waals surface area contributed by atoms with Gasteiger partial charge in [-0.2, -0.15) is 4.98 Å². The van der Waals surface area contributed by atoms with E-state index >= 15 is 0 Å². The highest BCUT2D eigenvalue weighted by Gasteiger charge is 2.18. The van der Waals surface area contributed by atoms with Crippen molar-refractivity contribution < 1.29 is 0 Å². The Balaban J connectivity index is 1.11. The third-order valence-corrected chi connectivity index (χ3v) is 10.9. The van der Waals surface area contributed by atoms with Gasteiger partial charge in [0.2, 0.25) is 0 Å². The van der Waals surface area contributed by atoms with Crippen LogP contribution >= 0.6 is 11.3 Å². The number of fused-ring (bicyclic) bond motifs is 11. The fourth-order valence-electron chi connectivity index (χ4n) is 7.77. The Hall–Kier alpha value is -6.57. The summed E-state index contributed by atoms with van der Waals surface area (Å²) in [5, 5.41) is 5.34. The number of thiazole rings is 1. The van der Waals surface area contributed by atoms with E-state index in [-0.39, 0.29) is 5.56 Å². The SMILES string of the molecule is O=c1nc2sc3cccnc3n2c2ccc(-n3c4ccccc4c4cc(-c5ccc6c(c5)c5ccccc5n6-c5ccccc5)ccc43)cc12. The van der Waals surface area contributed by atoms with Gasteiger partial charge in [0, 0.05) is 39.1 Å². The third kappa shape index (κ3) is 3.80. The van der Waals surface area contributed by atoms with E-state index in [1.807, 2.05) is 28.7 Å². The molecule has 0 bridgehead atoms. The Morgan fingerprint density at radius 2 is 1.08 bits per heavy atom. The van der Waals surface area contributed by atoms with Gasteiger partial charge in [-0.1, -0.05) is 78.1 Å². The van der Waals surface area contributed by atoms with Crippen molar-refractivity contribution in [1.29, 1.82) is 0 Å². The third-order valence-electron chi connectivity index (χ3n) is 9.95. The Morgan fingerprint density at radius 3 is 1.78 bits per heavy atom. The Bertz CT molecular complexity index is 3240. The van der Waals surface area contributed by atoms with Gasteiger partial charge in [-0.25, -0.2) is 4.98 Å². The standard InChI is InChI=1S/C43H25N5OS/c49-42-34-25-29(18-21-39(34)48-41-40(15-8-22-44-41)50-43(48)45-42)47-36-14-7-5-12-31(36)33-24-27(17-20-38(33)47)26-16-19-37-32(23-26)30-11-4-6-13-35(30)46(37)28-9-2-1-3-10-28/h1-25H. The molecular formula is C43H25N5OS. The topological polar surface area (TPSA) is 57.1 Å². The summed E-state index contributed by atoms with van der Waals surface area (Å²) in [5.41, 5.74) is 10.3. The number of rotatable bonds is 3. The van der Waals surface area contributed by atoms with Crippen molar-refractivity contribution in [3.05, 3.63) is 162 Å². The van der Waals surface area contributed by atoms with Crippen LogP contribution in [0.15, 0.2) is 157 Å². The van der Waals surface area contributed by atoms with Gasteiger partial charge >= 0.3 is 0 Å². The van der Waals surface area contributed by atoms with Crippen LogP contribution in [-0.4, -0.2) is 23.5 Å². The molecule has 0 saturated carbocycles. The second-order valence-corrected chi connectivity index (χ2v) is 13.7. The zero-order valence-corrected chi connectivity index (χ0v) is 27.3. The van der Waals surface area contributed by atoms with Gasteiger partial charge in [-0.05, 0) is 90.0 Å². The van der Waals surface area contributed by atoms with E-state index in [1.165, 1.54) is 33.1 Å². The summed E-state index contributed by atoms with van der Waals surface area (Å²) in [5.74, 6) is 0. The highest BCUT2D eigenvalue weighted by molar-refractivity contribution is 7.23. The van der Waals surface area contributed by atoms with Crippen molar-refractivity contribution in [2.45, 2.75) is 0 Å². The molecule has 5 aromatic heterocycles. The minimum Gasteiger partial charge on any atom is -0.309 e. The van der Waals surface area contributed by atoms with Crippen molar-refractivity contribution >= 4 is 81.2 Å². The Labute approximate surface area is 288 Å².